The average molecular weight is 590 g/mol. The van der Waals surface area contributed by atoms with Crippen LogP contribution in [-0.4, -0.2) is 120 Å². The van der Waals surface area contributed by atoms with Crippen molar-refractivity contribution in [1.82, 2.24) is 25.3 Å². The Hall–Kier alpha value is -2.24. The highest BCUT2D eigenvalue weighted by Crippen LogP contribution is 2.45. The molecule has 11 heteroatoms. The molecule has 10 nitrogen and oxygen atoms in total. The second-order valence-electron chi connectivity index (χ2n) is 14.1. The number of ether oxygens (including phenoxy) is 2. The van der Waals surface area contributed by atoms with E-state index in [-0.39, 0.29) is 47.9 Å². The number of hydrogen-bond acceptors (Lipinski definition) is 8. The van der Waals surface area contributed by atoms with Crippen LogP contribution in [0.4, 0.5) is 9.18 Å². The first-order chi connectivity index (χ1) is 20.1. The zero-order valence-electron chi connectivity index (χ0n) is 25.4. The molecular formula is C31H48FN5O5. The minimum atomic E-state index is -1.23. The molecular weight excluding hydrogens is 541 g/mol. The molecule has 8 unspecified atom stereocenters. The van der Waals surface area contributed by atoms with E-state index in [1.165, 1.54) is 12.8 Å². The highest BCUT2D eigenvalue weighted by atomic mass is 19.1. The first-order valence-corrected chi connectivity index (χ1v) is 16.2. The van der Waals surface area contributed by atoms with Gasteiger partial charge in [-0.1, -0.05) is 12.8 Å². The number of carbonyl (C=O) groups is 3. The fourth-order valence-electron chi connectivity index (χ4n) is 8.08. The molecule has 2 N–H and O–H groups in total. The molecule has 3 saturated heterocycles. The van der Waals surface area contributed by atoms with Gasteiger partial charge in [0, 0.05) is 38.3 Å². The Morgan fingerprint density at radius 1 is 1.10 bits per heavy atom. The number of nitrogens with one attached hydrogen (secondary N) is 2. The van der Waals surface area contributed by atoms with Crippen LogP contribution >= 0.6 is 0 Å². The third-order valence-electron chi connectivity index (χ3n) is 10.0. The molecule has 4 heterocycles. The minimum absolute atomic E-state index is 0.0381. The quantitative estimate of drug-likeness (QED) is 0.456. The molecule has 5 fully saturated rings. The van der Waals surface area contributed by atoms with Gasteiger partial charge in [0.05, 0.1) is 41.9 Å². The molecule has 42 heavy (non-hydrogen) atoms. The number of amides is 2. The number of halogens is 1. The number of morpholine rings is 1. The molecule has 2 saturated carbocycles. The van der Waals surface area contributed by atoms with Crippen molar-refractivity contribution in [2.45, 2.75) is 120 Å². The maximum atomic E-state index is 15.9. The maximum Gasteiger partial charge on any atom is 0.407 e. The second-order valence-corrected chi connectivity index (χ2v) is 14.1. The summed E-state index contributed by atoms with van der Waals surface area (Å²) in [5, 5.41) is 6.34. The van der Waals surface area contributed by atoms with E-state index in [1.54, 1.807) is 31.9 Å². The number of hydrogen-bond donors (Lipinski definition) is 2. The third kappa shape index (κ3) is 6.06. The van der Waals surface area contributed by atoms with Gasteiger partial charge in [-0.25, -0.2) is 9.18 Å². The molecule has 234 valence electrons. The third-order valence-corrected chi connectivity index (χ3v) is 10.0. The summed E-state index contributed by atoms with van der Waals surface area (Å²) in [5.41, 5.74) is -0.468. The predicted octanol–water partition coefficient (Wildman–Crippen LogP) is 2.37. The van der Waals surface area contributed by atoms with Crippen LogP contribution in [0.1, 0.15) is 72.1 Å². The van der Waals surface area contributed by atoms with Crippen molar-refractivity contribution in [2.75, 3.05) is 39.3 Å². The van der Waals surface area contributed by atoms with E-state index in [9.17, 15) is 14.4 Å². The van der Waals surface area contributed by atoms with Gasteiger partial charge in [0.2, 0.25) is 0 Å². The summed E-state index contributed by atoms with van der Waals surface area (Å²) >= 11 is 0. The summed E-state index contributed by atoms with van der Waals surface area (Å²) in [6, 6.07) is -0.913. The fraction of sp³-hybridized carbons (Fsp3) is 0.839. The Kier molecular flexibility index (Phi) is 8.54. The van der Waals surface area contributed by atoms with E-state index in [1.807, 2.05) is 0 Å². The van der Waals surface area contributed by atoms with Crippen LogP contribution in [-0.2, 0) is 19.1 Å². The van der Waals surface area contributed by atoms with Gasteiger partial charge in [-0.3, -0.25) is 9.59 Å². The average Bonchev–Trinajstić information content (AvgIpc) is 3.62. The van der Waals surface area contributed by atoms with Crippen molar-refractivity contribution >= 4 is 17.8 Å². The highest BCUT2D eigenvalue weighted by molar-refractivity contribution is 6.20. The summed E-state index contributed by atoms with van der Waals surface area (Å²) in [4.78, 5) is 46.3. The number of nitrogens with zero attached hydrogens (tertiary/aromatic N) is 3. The smallest absolute Gasteiger partial charge is 0.407 e. The largest absolute Gasteiger partial charge is 0.444 e. The first kappa shape index (κ1) is 29.8. The number of Topliss-reactive ketones (excluding diaryl/α,β-unsaturated/α-hetero) is 1. The molecule has 2 aliphatic carbocycles. The van der Waals surface area contributed by atoms with Crippen LogP contribution in [0.25, 0.3) is 0 Å². The SMILES string of the molecule is CC(C)(C)OC(=O)NC1CCN(C(=O)C2=CN3C4CCCCC4OC4C(NCCN5CCCC5)C(F)CC(C2=O)C43)C1. The summed E-state index contributed by atoms with van der Waals surface area (Å²) in [6.45, 7) is 9.93. The zero-order chi connectivity index (χ0) is 29.6. The number of fused-ring (bicyclic) bond motifs is 2. The van der Waals surface area contributed by atoms with Crippen LogP contribution in [0.5, 0.6) is 0 Å². The number of carbonyl (C=O) groups excluding carboxylic acids is 3. The van der Waals surface area contributed by atoms with Gasteiger partial charge in [-0.05, 0) is 72.4 Å². The van der Waals surface area contributed by atoms with Gasteiger partial charge in [0.25, 0.3) is 5.91 Å². The molecule has 0 aromatic heterocycles. The minimum Gasteiger partial charge on any atom is -0.444 e. The Morgan fingerprint density at radius 3 is 2.62 bits per heavy atom. The van der Waals surface area contributed by atoms with Crippen molar-refractivity contribution in [3.05, 3.63) is 11.8 Å². The molecule has 0 aromatic carbocycles. The van der Waals surface area contributed by atoms with Crippen LogP contribution in [0.2, 0.25) is 0 Å². The zero-order valence-corrected chi connectivity index (χ0v) is 25.4. The standard InChI is InChI=1S/C31H48FN5O5/c1-31(2,3)42-30(40)34-19-10-14-36(17-19)29(39)21-18-37-23-8-4-5-9-24(23)41-28-25(33-11-15-35-12-6-7-13-35)22(32)16-20(26(28)37)27(21)38/h18-20,22-26,28,33H,4-17H2,1-3H3,(H,34,40). The van der Waals surface area contributed by atoms with Gasteiger partial charge in [0.1, 0.15) is 11.8 Å². The van der Waals surface area contributed by atoms with Crippen LogP contribution < -0.4 is 10.6 Å². The lowest BCUT2D eigenvalue weighted by atomic mass is 9.69. The molecule has 6 aliphatic rings. The number of ketones is 1. The number of likely N-dealkylation sites (tertiary alicyclic amines) is 2. The Morgan fingerprint density at radius 2 is 1.86 bits per heavy atom. The van der Waals surface area contributed by atoms with Crippen molar-refractivity contribution in [3.63, 3.8) is 0 Å². The van der Waals surface area contributed by atoms with Gasteiger partial charge < -0.3 is 34.8 Å². The highest BCUT2D eigenvalue weighted by Gasteiger charge is 2.58. The molecule has 8 atom stereocenters. The number of alkyl carbamates (subject to hydrolysis) is 1. The Labute approximate surface area is 248 Å². The predicted molar refractivity (Wildman–Crippen MR) is 154 cm³/mol. The van der Waals surface area contributed by atoms with Crippen molar-refractivity contribution < 1.29 is 28.2 Å². The molecule has 4 aliphatic heterocycles. The van der Waals surface area contributed by atoms with Crippen molar-refractivity contribution in [2.24, 2.45) is 5.92 Å². The van der Waals surface area contributed by atoms with Crippen molar-refractivity contribution in [3.8, 4) is 0 Å². The van der Waals surface area contributed by atoms with E-state index in [2.05, 4.69) is 20.4 Å². The molecule has 0 spiro atoms. The van der Waals surface area contributed by atoms with Crippen LogP contribution in [0, 0.1) is 5.92 Å². The molecule has 0 radical (unpaired) electrons. The summed E-state index contributed by atoms with van der Waals surface area (Å²) < 4.78 is 28.0. The Balaban J connectivity index is 1.18. The molecule has 0 bridgehead atoms. The first-order valence-electron chi connectivity index (χ1n) is 16.2. The molecule has 2 amide bonds. The lowest BCUT2D eigenvalue weighted by Crippen LogP contribution is -2.73. The number of rotatable bonds is 6. The lowest BCUT2D eigenvalue weighted by Gasteiger charge is -2.59. The summed E-state index contributed by atoms with van der Waals surface area (Å²) in [7, 11) is 0. The van der Waals surface area contributed by atoms with E-state index < -0.39 is 35.9 Å². The van der Waals surface area contributed by atoms with Gasteiger partial charge in [-0.15, -0.1) is 0 Å². The number of alkyl halides is 1. The van der Waals surface area contributed by atoms with E-state index in [0.717, 1.165) is 45.3 Å². The van der Waals surface area contributed by atoms with Crippen molar-refractivity contribution in [1.29, 1.82) is 0 Å². The topological polar surface area (TPSA) is 103 Å². The van der Waals surface area contributed by atoms with Gasteiger partial charge in [0.15, 0.2) is 5.78 Å². The molecule has 0 aromatic rings. The monoisotopic (exact) mass is 589 g/mol. The maximum absolute atomic E-state index is 15.9. The normalized spacial score (nSPS) is 36.8. The van der Waals surface area contributed by atoms with Gasteiger partial charge >= 0.3 is 6.09 Å². The van der Waals surface area contributed by atoms with E-state index in [0.29, 0.717) is 26.1 Å². The van der Waals surface area contributed by atoms with Gasteiger partial charge in [-0.2, -0.15) is 0 Å². The van der Waals surface area contributed by atoms with E-state index >= 15 is 4.39 Å². The van der Waals surface area contributed by atoms with Crippen LogP contribution in [0.15, 0.2) is 11.8 Å². The van der Waals surface area contributed by atoms with Crippen LogP contribution in [0.3, 0.4) is 0 Å². The van der Waals surface area contributed by atoms with E-state index in [4.69, 9.17) is 9.47 Å². The Bertz CT molecular complexity index is 1070. The fourth-order valence-corrected chi connectivity index (χ4v) is 8.08. The lowest BCUT2D eigenvalue weighted by molar-refractivity contribution is -0.197. The summed E-state index contributed by atoms with van der Waals surface area (Å²) in [6.07, 6.45) is 6.65. The summed E-state index contributed by atoms with van der Waals surface area (Å²) in [5.74, 6) is -1.22. The molecule has 6 rings (SSSR count). The second kappa shape index (κ2) is 12.0.